The molecule has 0 saturated heterocycles. The molecule has 1 heterocycles. The van der Waals surface area contributed by atoms with E-state index in [1.54, 1.807) is 37.3 Å². The molecule has 2 N–H and O–H groups in total. The summed E-state index contributed by atoms with van der Waals surface area (Å²) in [5.41, 5.74) is 0. The van der Waals surface area contributed by atoms with Crippen molar-refractivity contribution in [3.63, 3.8) is 0 Å². The Kier molecular flexibility index (Phi) is 5.71. The first-order valence-electron chi connectivity index (χ1n) is 6.57. The molecule has 0 aliphatic rings. The van der Waals surface area contributed by atoms with E-state index in [1.165, 1.54) is 0 Å². The molecule has 0 aliphatic heterocycles. The molecule has 0 spiro atoms. The average Bonchev–Trinajstić information content (AvgIpc) is 2.93. The summed E-state index contributed by atoms with van der Waals surface area (Å²) in [5.74, 6) is 0.822. The molecule has 1 aromatic heterocycles. The van der Waals surface area contributed by atoms with Crippen molar-refractivity contribution in [1.82, 2.24) is 5.32 Å². The van der Waals surface area contributed by atoms with Crippen molar-refractivity contribution in [2.75, 3.05) is 13.2 Å². The van der Waals surface area contributed by atoms with E-state index in [4.69, 9.17) is 32.4 Å². The fourth-order valence-corrected chi connectivity index (χ4v) is 2.04. The number of halogens is 2. The van der Waals surface area contributed by atoms with Crippen LogP contribution in [-0.2, 0) is 0 Å². The highest BCUT2D eigenvalue weighted by molar-refractivity contribution is 6.42. The van der Waals surface area contributed by atoms with Gasteiger partial charge in [0.1, 0.15) is 29.2 Å². The van der Waals surface area contributed by atoms with Gasteiger partial charge in [0.25, 0.3) is 5.91 Å². The van der Waals surface area contributed by atoms with E-state index in [-0.39, 0.29) is 23.9 Å². The van der Waals surface area contributed by atoms with Gasteiger partial charge in [0.05, 0.1) is 5.02 Å². The van der Waals surface area contributed by atoms with Crippen molar-refractivity contribution in [3.05, 3.63) is 51.9 Å². The first-order valence-corrected chi connectivity index (χ1v) is 7.32. The lowest BCUT2D eigenvalue weighted by Gasteiger charge is -2.14. The second-order valence-electron chi connectivity index (χ2n) is 4.64. The van der Waals surface area contributed by atoms with Gasteiger partial charge in [-0.2, -0.15) is 0 Å². The molecule has 0 bridgehead atoms. The Morgan fingerprint density at radius 2 is 2.14 bits per heavy atom. The molecule has 1 aromatic carbocycles. The molecule has 0 aliphatic carbocycles. The van der Waals surface area contributed by atoms with Gasteiger partial charge in [0.2, 0.25) is 0 Å². The highest BCUT2D eigenvalue weighted by atomic mass is 35.5. The number of carbonyl (C=O) groups excluding carboxylic acids is 1. The van der Waals surface area contributed by atoms with Gasteiger partial charge in [0, 0.05) is 6.54 Å². The number of aliphatic hydroxyl groups excluding tert-OH is 1. The first-order chi connectivity index (χ1) is 10.5. The highest BCUT2D eigenvalue weighted by Crippen LogP contribution is 2.31. The number of ether oxygens (including phenoxy) is 1. The lowest BCUT2D eigenvalue weighted by molar-refractivity contribution is 0.0821. The fourth-order valence-electron chi connectivity index (χ4n) is 1.69. The van der Waals surface area contributed by atoms with Gasteiger partial charge in [-0.3, -0.25) is 4.79 Å². The van der Waals surface area contributed by atoms with Gasteiger partial charge in [0.15, 0.2) is 5.76 Å². The van der Waals surface area contributed by atoms with Crippen LogP contribution in [0.1, 0.15) is 16.3 Å². The zero-order valence-corrected chi connectivity index (χ0v) is 13.3. The number of carbonyl (C=O) groups is 1. The van der Waals surface area contributed by atoms with Gasteiger partial charge < -0.3 is 19.6 Å². The lowest BCUT2D eigenvalue weighted by Crippen LogP contribution is -2.35. The number of furan rings is 1. The molecule has 5 nitrogen and oxygen atoms in total. The van der Waals surface area contributed by atoms with E-state index >= 15 is 0 Å². The van der Waals surface area contributed by atoms with Crippen LogP contribution < -0.4 is 10.1 Å². The van der Waals surface area contributed by atoms with Crippen molar-refractivity contribution in [1.29, 1.82) is 0 Å². The SMILES string of the molecule is Cc1ccc(C(=O)NC[C@@H](O)COc2cccc(Cl)c2Cl)o1. The summed E-state index contributed by atoms with van der Waals surface area (Å²) in [6, 6.07) is 8.23. The van der Waals surface area contributed by atoms with Crippen LogP contribution in [0.2, 0.25) is 10.0 Å². The maximum atomic E-state index is 11.7. The summed E-state index contributed by atoms with van der Waals surface area (Å²) < 4.78 is 10.6. The second kappa shape index (κ2) is 7.54. The predicted molar refractivity (Wildman–Crippen MR) is 83.7 cm³/mol. The zero-order chi connectivity index (χ0) is 16.1. The number of nitrogens with one attached hydrogen (secondary N) is 1. The molecule has 0 radical (unpaired) electrons. The molecule has 2 aromatic rings. The topological polar surface area (TPSA) is 71.7 Å². The Hall–Kier alpha value is -1.69. The van der Waals surface area contributed by atoms with Crippen molar-refractivity contribution < 1.29 is 19.1 Å². The highest BCUT2D eigenvalue weighted by Gasteiger charge is 2.13. The van der Waals surface area contributed by atoms with Crippen LogP contribution >= 0.6 is 23.2 Å². The van der Waals surface area contributed by atoms with Crippen molar-refractivity contribution >= 4 is 29.1 Å². The second-order valence-corrected chi connectivity index (χ2v) is 5.42. The normalized spacial score (nSPS) is 12.0. The van der Waals surface area contributed by atoms with E-state index in [0.29, 0.717) is 16.5 Å². The molecule has 0 fully saturated rings. The molecule has 0 saturated carbocycles. The number of amides is 1. The number of hydrogen-bond acceptors (Lipinski definition) is 4. The smallest absolute Gasteiger partial charge is 0.287 e. The van der Waals surface area contributed by atoms with E-state index in [9.17, 15) is 9.90 Å². The predicted octanol–water partition coefficient (Wildman–Crippen LogP) is 3.06. The van der Waals surface area contributed by atoms with Crippen LogP contribution in [-0.4, -0.2) is 30.3 Å². The van der Waals surface area contributed by atoms with E-state index in [1.807, 2.05) is 0 Å². The minimum Gasteiger partial charge on any atom is -0.489 e. The molecular weight excluding hydrogens is 329 g/mol. The molecule has 0 unspecified atom stereocenters. The molecule has 1 amide bonds. The molecular formula is C15H15Cl2NO4. The Labute approximate surface area is 137 Å². The van der Waals surface area contributed by atoms with E-state index in [0.717, 1.165) is 0 Å². The minimum absolute atomic E-state index is 0.0246. The maximum Gasteiger partial charge on any atom is 0.287 e. The quantitative estimate of drug-likeness (QED) is 0.845. The van der Waals surface area contributed by atoms with E-state index < -0.39 is 12.0 Å². The Balaban J connectivity index is 1.79. The van der Waals surface area contributed by atoms with Gasteiger partial charge in [-0.15, -0.1) is 0 Å². The van der Waals surface area contributed by atoms with Gasteiger partial charge >= 0.3 is 0 Å². The fraction of sp³-hybridized carbons (Fsp3) is 0.267. The largest absolute Gasteiger partial charge is 0.489 e. The number of hydrogen-bond donors (Lipinski definition) is 2. The zero-order valence-electron chi connectivity index (χ0n) is 11.8. The third-order valence-corrected chi connectivity index (χ3v) is 3.61. The summed E-state index contributed by atoms with van der Waals surface area (Å²) in [7, 11) is 0. The number of aryl methyl sites for hydroxylation is 1. The number of aliphatic hydroxyl groups is 1. The van der Waals surface area contributed by atoms with E-state index in [2.05, 4.69) is 5.32 Å². The summed E-state index contributed by atoms with van der Waals surface area (Å²) in [6.07, 6.45) is -0.893. The standard InChI is InChI=1S/C15H15Cl2NO4/c1-9-5-6-13(22-9)15(20)18-7-10(19)8-21-12-4-2-3-11(16)14(12)17/h2-6,10,19H,7-8H2,1H3,(H,18,20)/t10-/m1/s1. The number of rotatable bonds is 6. The molecule has 1 atom stereocenters. The van der Waals surface area contributed by atoms with Crippen molar-refractivity contribution in [2.24, 2.45) is 0 Å². The Morgan fingerprint density at radius 3 is 2.82 bits per heavy atom. The van der Waals surface area contributed by atoms with Gasteiger partial charge in [-0.05, 0) is 31.2 Å². The van der Waals surface area contributed by atoms with Crippen LogP contribution in [0.5, 0.6) is 5.75 Å². The molecule has 118 valence electrons. The minimum atomic E-state index is -0.893. The summed E-state index contributed by atoms with van der Waals surface area (Å²) in [4.78, 5) is 11.7. The Morgan fingerprint density at radius 1 is 1.36 bits per heavy atom. The molecule has 7 heteroatoms. The Bertz CT molecular complexity index is 657. The van der Waals surface area contributed by atoms with Crippen LogP contribution in [0.3, 0.4) is 0 Å². The van der Waals surface area contributed by atoms with Crippen molar-refractivity contribution in [3.8, 4) is 5.75 Å². The van der Waals surface area contributed by atoms with Crippen LogP contribution in [0.25, 0.3) is 0 Å². The third kappa shape index (κ3) is 4.40. The van der Waals surface area contributed by atoms with Gasteiger partial charge in [-0.1, -0.05) is 29.3 Å². The maximum absolute atomic E-state index is 11.7. The first kappa shape index (κ1) is 16.7. The lowest BCUT2D eigenvalue weighted by atomic mass is 10.3. The summed E-state index contributed by atoms with van der Waals surface area (Å²) >= 11 is 11.8. The summed E-state index contributed by atoms with van der Waals surface area (Å²) in [5, 5.41) is 13.0. The number of benzene rings is 1. The third-order valence-electron chi connectivity index (χ3n) is 2.81. The van der Waals surface area contributed by atoms with Crippen LogP contribution in [0.15, 0.2) is 34.7 Å². The van der Waals surface area contributed by atoms with Crippen molar-refractivity contribution in [2.45, 2.75) is 13.0 Å². The molecule has 2 rings (SSSR count). The van der Waals surface area contributed by atoms with Crippen LogP contribution in [0, 0.1) is 6.92 Å². The molecule has 22 heavy (non-hydrogen) atoms. The summed E-state index contributed by atoms with van der Waals surface area (Å²) in [6.45, 7) is 1.74. The van der Waals surface area contributed by atoms with Gasteiger partial charge in [-0.25, -0.2) is 0 Å². The van der Waals surface area contributed by atoms with Crippen LogP contribution in [0.4, 0.5) is 0 Å². The monoisotopic (exact) mass is 343 g/mol. The average molecular weight is 344 g/mol.